The number of urea groups is 1. The Hall–Kier alpha value is -3.22. The number of hydrogen-bond acceptors (Lipinski definition) is 3. The lowest BCUT2D eigenvalue weighted by Gasteiger charge is -2.11. The lowest BCUT2D eigenvalue weighted by Crippen LogP contribution is -2.29. The van der Waals surface area contributed by atoms with Crippen molar-refractivity contribution in [3.05, 3.63) is 90.0 Å². The van der Waals surface area contributed by atoms with Gasteiger partial charge in [0.25, 0.3) is 0 Å². The van der Waals surface area contributed by atoms with Gasteiger partial charge in [-0.05, 0) is 44.0 Å². The lowest BCUT2D eigenvalue weighted by molar-refractivity contribution is 0.252. The van der Waals surface area contributed by atoms with Gasteiger partial charge in [-0.2, -0.15) is 0 Å². The minimum atomic E-state index is -0.207. The fraction of sp³-hybridized carbons (Fsp3) is 0.214. The Bertz CT molecular complexity index is 1230. The van der Waals surface area contributed by atoms with Crippen LogP contribution in [0.5, 0.6) is 0 Å². The van der Waals surface area contributed by atoms with E-state index in [4.69, 9.17) is 16.6 Å². The van der Waals surface area contributed by atoms with Gasteiger partial charge in [0.05, 0.1) is 11.4 Å². The van der Waals surface area contributed by atoms with Crippen molar-refractivity contribution in [3.63, 3.8) is 0 Å². The van der Waals surface area contributed by atoms with Gasteiger partial charge in [0, 0.05) is 40.7 Å². The molecule has 3 aromatic carbocycles. The molecule has 180 valence electrons. The molecule has 0 fully saturated rings. The Kier molecular flexibility index (Phi) is 8.87. The number of aromatic nitrogens is 2. The third-order valence-corrected chi connectivity index (χ3v) is 6.85. The highest BCUT2D eigenvalue weighted by Gasteiger charge is 2.19. The molecule has 2 amide bonds. The van der Waals surface area contributed by atoms with E-state index < -0.39 is 0 Å². The number of benzene rings is 3. The van der Waals surface area contributed by atoms with Crippen LogP contribution in [0.3, 0.4) is 0 Å². The molecule has 0 bridgehead atoms. The fourth-order valence-electron chi connectivity index (χ4n) is 3.82. The van der Waals surface area contributed by atoms with Crippen molar-refractivity contribution in [2.75, 3.05) is 17.6 Å². The first-order chi connectivity index (χ1) is 17.2. The first-order valence-corrected chi connectivity index (χ1v) is 13.2. The van der Waals surface area contributed by atoms with E-state index in [1.807, 2.05) is 12.1 Å². The first kappa shape index (κ1) is 24.9. The van der Waals surface area contributed by atoms with E-state index in [0.29, 0.717) is 11.6 Å². The monoisotopic (exact) mass is 504 g/mol. The van der Waals surface area contributed by atoms with Crippen LogP contribution in [-0.4, -0.2) is 27.9 Å². The largest absolute Gasteiger partial charge is 0.338 e. The average Bonchev–Trinajstić information content (AvgIpc) is 3.27. The number of anilines is 1. The molecule has 1 aromatic heterocycles. The molecule has 4 rings (SSSR count). The molecular weight excluding hydrogens is 476 g/mol. The molecule has 35 heavy (non-hydrogen) atoms. The van der Waals surface area contributed by atoms with Crippen molar-refractivity contribution in [2.24, 2.45) is 0 Å². The van der Waals surface area contributed by atoms with Crippen LogP contribution < -0.4 is 10.6 Å². The predicted octanol–water partition coefficient (Wildman–Crippen LogP) is 7.58. The van der Waals surface area contributed by atoms with Gasteiger partial charge in [0.15, 0.2) is 5.16 Å². The molecule has 5 nitrogen and oxygen atoms in total. The maximum absolute atomic E-state index is 12.1. The average molecular weight is 505 g/mol. The molecule has 0 aliphatic carbocycles. The molecule has 0 unspecified atom stereocenters. The standard InChI is InChI=1S/C28H29ClN4OS/c1-2-33-26(22-13-7-4-8-14-22)25(21-11-5-3-6-12-21)32-28(33)35-20-10-9-19-30-27(34)31-24-17-15-23(29)16-18-24/h3-8,11-18H,2,9-10,19-20H2,1H3,(H2,30,31,34). The Morgan fingerprint density at radius 1 is 0.914 bits per heavy atom. The Morgan fingerprint density at radius 2 is 1.57 bits per heavy atom. The number of rotatable bonds is 10. The van der Waals surface area contributed by atoms with Gasteiger partial charge in [0.1, 0.15) is 0 Å². The molecule has 0 saturated carbocycles. The van der Waals surface area contributed by atoms with Crippen molar-refractivity contribution < 1.29 is 4.79 Å². The van der Waals surface area contributed by atoms with E-state index in [2.05, 4.69) is 70.7 Å². The highest BCUT2D eigenvalue weighted by molar-refractivity contribution is 7.99. The third kappa shape index (κ3) is 6.68. The summed E-state index contributed by atoms with van der Waals surface area (Å²) in [5, 5.41) is 7.39. The maximum atomic E-state index is 12.1. The zero-order valence-corrected chi connectivity index (χ0v) is 21.3. The molecule has 4 aromatic rings. The van der Waals surface area contributed by atoms with Crippen LogP contribution in [0, 0.1) is 0 Å². The normalized spacial score (nSPS) is 10.8. The number of nitrogens with zero attached hydrogens (tertiary/aromatic N) is 2. The van der Waals surface area contributed by atoms with Crippen molar-refractivity contribution in [1.29, 1.82) is 0 Å². The van der Waals surface area contributed by atoms with Crippen molar-refractivity contribution >= 4 is 35.1 Å². The summed E-state index contributed by atoms with van der Waals surface area (Å²) in [6.07, 6.45) is 1.87. The lowest BCUT2D eigenvalue weighted by atomic mass is 10.0. The number of nitrogens with one attached hydrogen (secondary N) is 2. The highest BCUT2D eigenvalue weighted by Crippen LogP contribution is 2.36. The van der Waals surface area contributed by atoms with Crippen LogP contribution >= 0.6 is 23.4 Å². The number of carbonyl (C=O) groups excluding carboxylic acids is 1. The van der Waals surface area contributed by atoms with Gasteiger partial charge in [-0.15, -0.1) is 0 Å². The number of hydrogen-bond donors (Lipinski definition) is 2. The maximum Gasteiger partial charge on any atom is 0.319 e. The molecule has 7 heteroatoms. The number of carbonyl (C=O) groups is 1. The van der Waals surface area contributed by atoms with Crippen LogP contribution in [0.2, 0.25) is 5.02 Å². The Balaban J connectivity index is 1.35. The van der Waals surface area contributed by atoms with Gasteiger partial charge in [-0.1, -0.05) is 84.0 Å². The zero-order valence-electron chi connectivity index (χ0n) is 19.7. The van der Waals surface area contributed by atoms with Crippen LogP contribution in [-0.2, 0) is 6.54 Å². The highest BCUT2D eigenvalue weighted by atomic mass is 35.5. The molecular formula is C28H29ClN4OS. The van der Waals surface area contributed by atoms with E-state index in [1.54, 1.807) is 36.0 Å². The summed E-state index contributed by atoms with van der Waals surface area (Å²) in [6, 6.07) is 27.7. The van der Waals surface area contributed by atoms with Crippen LogP contribution in [0.25, 0.3) is 22.5 Å². The molecule has 1 heterocycles. The summed E-state index contributed by atoms with van der Waals surface area (Å²) in [7, 11) is 0. The Morgan fingerprint density at radius 3 is 2.23 bits per heavy atom. The molecule has 0 aliphatic heterocycles. The topological polar surface area (TPSA) is 59.0 Å². The second-order valence-corrected chi connectivity index (χ2v) is 9.51. The minimum absolute atomic E-state index is 0.207. The van der Waals surface area contributed by atoms with Crippen molar-refractivity contribution in [3.8, 4) is 22.5 Å². The summed E-state index contributed by atoms with van der Waals surface area (Å²) in [5.74, 6) is 0.931. The van der Waals surface area contributed by atoms with E-state index >= 15 is 0 Å². The van der Waals surface area contributed by atoms with Gasteiger partial charge in [0.2, 0.25) is 0 Å². The Labute approximate surface area is 215 Å². The van der Waals surface area contributed by atoms with Gasteiger partial charge in [-0.3, -0.25) is 0 Å². The molecule has 0 radical (unpaired) electrons. The van der Waals surface area contributed by atoms with Crippen LogP contribution in [0.15, 0.2) is 90.1 Å². The fourth-order valence-corrected chi connectivity index (χ4v) is 5.01. The number of unbranched alkanes of at least 4 members (excludes halogenated alkanes) is 1. The smallest absolute Gasteiger partial charge is 0.319 e. The minimum Gasteiger partial charge on any atom is -0.338 e. The summed E-state index contributed by atoms with van der Waals surface area (Å²) in [4.78, 5) is 17.1. The van der Waals surface area contributed by atoms with E-state index in [0.717, 1.165) is 52.9 Å². The predicted molar refractivity (Wildman–Crippen MR) is 147 cm³/mol. The van der Waals surface area contributed by atoms with Crippen molar-refractivity contribution in [2.45, 2.75) is 31.5 Å². The van der Waals surface area contributed by atoms with E-state index in [-0.39, 0.29) is 6.03 Å². The molecule has 0 saturated heterocycles. The third-order valence-electron chi connectivity index (χ3n) is 5.53. The van der Waals surface area contributed by atoms with E-state index in [1.165, 1.54) is 5.56 Å². The second kappa shape index (κ2) is 12.5. The SMILES string of the molecule is CCn1c(SCCCCNC(=O)Nc2ccc(Cl)cc2)nc(-c2ccccc2)c1-c1ccccc1. The number of amides is 2. The summed E-state index contributed by atoms with van der Waals surface area (Å²) < 4.78 is 2.31. The number of halogens is 1. The molecule has 0 aliphatic rings. The number of imidazole rings is 1. The molecule has 0 atom stereocenters. The van der Waals surface area contributed by atoms with Gasteiger partial charge in [-0.25, -0.2) is 9.78 Å². The zero-order chi connectivity index (χ0) is 24.5. The van der Waals surface area contributed by atoms with E-state index in [9.17, 15) is 4.79 Å². The molecule has 2 N–H and O–H groups in total. The van der Waals surface area contributed by atoms with Gasteiger partial charge < -0.3 is 15.2 Å². The number of thioether (sulfide) groups is 1. The quantitative estimate of drug-likeness (QED) is 0.173. The van der Waals surface area contributed by atoms with Crippen LogP contribution in [0.1, 0.15) is 19.8 Å². The summed E-state index contributed by atoms with van der Waals surface area (Å²) in [5.41, 5.74) is 5.18. The molecule has 0 spiro atoms. The first-order valence-electron chi connectivity index (χ1n) is 11.8. The van der Waals surface area contributed by atoms with Gasteiger partial charge >= 0.3 is 6.03 Å². The van der Waals surface area contributed by atoms with Crippen LogP contribution in [0.4, 0.5) is 10.5 Å². The van der Waals surface area contributed by atoms with Crippen molar-refractivity contribution in [1.82, 2.24) is 14.9 Å². The second-order valence-electron chi connectivity index (χ2n) is 8.01. The summed E-state index contributed by atoms with van der Waals surface area (Å²) >= 11 is 7.65. The summed E-state index contributed by atoms with van der Waals surface area (Å²) in [6.45, 7) is 3.63.